The number of rotatable bonds is 0. The molecule has 0 N–H and O–H groups in total. The molecule has 1 heteroatoms. The molecule has 0 spiro atoms. The average molecular weight is 234 g/mol. The minimum atomic E-state index is 1.24. The van der Waals surface area contributed by atoms with Crippen LogP contribution < -0.4 is 0 Å². The predicted molar refractivity (Wildman–Crippen MR) is 49.7 cm³/mol. The largest absolute Gasteiger partial charge is 0.0705 e. The summed E-state index contributed by atoms with van der Waals surface area (Å²) in [4.78, 5) is 0. The van der Waals surface area contributed by atoms with Crippen LogP contribution in [0.2, 0.25) is 0 Å². The molecule has 1 aliphatic rings. The molecule has 0 fully saturated rings. The van der Waals surface area contributed by atoms with Gasteiger partial charge in [0.25, 0.3) is 0 Å². The number of hydrogen-bond donors (Lipinski definition) is 0. The summed E-state index contributed by atoms with van der Waals surface area (Å²) in [5.74, 6) is 0. The number of hydrogen-bond acceptors (Lipinski definition) is 0. The van der Waals surface area contributed by atoms with E-state index in [4.69, 9.17) is 0 Å². The van der Waals surface area contributed by atoms with Crippen molar-refractivity contribution in [1.29, 1.82) is 0 Å². The van der Waals surface area contributed by atoms with Crippen molar-refractivity contribution in [3.63, 3.8) is 0 Å². The number of allylic oxidation sites excluding steroid dienone is 4. The molecule has 0 atom stereocenters. The third kappa shape index (κ3) is 1.57. The zero-order valence-corrected chi connectivity index (χ0v) is 8.03. The normalized spacial score (nSPS) is 20.1. The Morgan fingerprint density at radius 3 is 2.56 bits per heavy atom. The van der Waals surface area contributed by atoms with Gasteiger partial charge in [0.2, 0.25) is 0 Å². The fourth-order valence-electron chi connectivity index (χ4n) is 0.960. The molecular weight excluding hydrogens is 223 g/mol. The highest BCUT2D eigenvalue weighted by atomic mass is 127. The van der Waals surface area contributed by atoms with Gasteiger partial charge in [0, 0.05) is 3.58 Å². The fourth-order valence-corrected chi connectivity index (χ4v) is 1.73. The Balaban J connectivity index is 2.88. The summed E-state index contributed by atoms with van der Waals surface area (Å²) < 4.78 is 1.44. The van der Waals surface area contributed by atoms with E-state index in [1.54, 1.807) is 5.57 Å². The molecule has 0 aromatic rings. The quantitative estimate of drug-likeness (QED) is 0.563. The SMILES string of the molecule is CC1=C(C)C(I)=CCC1. The van der Waals surface area contributed by atoms with Crippen molar-refractivity contribution in [2.45, 2.75) is 26.7 Å². The van der Waals surface area contributed by atoms with Crippen LogP contribution in [0.3, 0.4) is 0 Å². The third-order valence-corrected chi connectivity index (χ3v) is 3.09. The minimum absolute atomic E-state index is 1.24. The molecule has 1 rings (SSSR count). The second-order valence-corrected chi connectivity index (χ2v) is 3.66. The van der Waals surface area contributed by atoms with Crippen LogP contribution in [-0.4, -0.2) is 0 Å². The first-order valence-corrected chi connectivity index (χ1v) is 4.32. The van der Waals surface area contributed by atoms with Gasteiger partial charge in [-0.15, -0.1) is 0 Å². The Hall–Kier alpha value is 0.210. The molecule has 1 aliphatic carbocycles. The lowest BCUT2D eigenvalue weighted by atomic mass is 10.0. The second kappa shape index (κ2) is 2.86. The molecule has 0 aliphatic heterocycles. The van der Waals surface area contributed by atoms with E-state index in [2.05, 4.69) is 42.5 Å². The summed E-state index contributed by atoms with van der Waals surface area (Å²) in [5, 5.41) is 0. The summed E-state index contributed by atoms with van der Waals surface area (Å²) >= 11 is 2.40. The molecule has 0 heterocycles. The summed E-state index contributed by atoms with van der Waals surface area (Å²) in [6.07, 6.45) is 4.81. The molecule has 0 aromatic heterocycles. The van der Waals surface area contributed by atoms with Crippen molar-refractivity contribution in [1.82, 2.24) is 0 Å². The first kappa shape index (κ1) is 7.32. The smallest absolute Gasteiger partial charge is 0.0119 e. The molecule has 0 unspecified atom stereocenters. The highest BCUT2D eigenvalue weighted by molar-refractivity contribution is 14.1. The van der Waals surface area contributed by atoms with Gasteiger partial charge >= 0.3 is 0 Å². The van der Waals surface area contributed by atoms with Crippen molar-refractivity contribution in [3.05, 3.63) is 20.8 Å². The topological polar surface area (TPSA) is 0 Å². The standard InChI is InChI=1S/C8H11I/c1-6-4-3-5-8(9)7(6)2/h5H,3-4H2,1-2H3. The van der Waals surface area contributed by atoms with Gasteiger partial charge < -0.3 is 0 Å². The maximum atomic E-state index is 2.40. The van der Waals surface area contributed by atoms with Crippen LogP contribution in [0.15, 0.2) is 20.8 Å². The predicted octanol–water partition coefficient (Wildman–Crippen LogP) is 3.44. The van der Waals surface area contributed by atoms with E-state index in [0.717, 1.165) is 0 Å². The van der Waals surface area contributed by atoms with E-state index in [9.17, 15) is 0 Å². The lowest BCUT2D eigenvalue weighted by molar-refractivity contribution is 0.937. The summed E-state index contributed by atoms with van der Waals surface area (Å²) in [6.45, 7) is 4.42. The van der Waals surface area contributed by atoms with Crippen LogP contribution in [0.1, 0.15) is 26.7 Å². The minimum Gasteiger partial charge on any atom is -0.0705 e. The highest BCUT2D eigenvalue weighted by Crippen LogP contribution is 2.28. The van der Waals surface area contributed by atoms with Gasteiger partial charge in [0.15, 0.2) is 0 Å². The van der Waals surface area contributed by atoms with Gasteiger partial charge in [-0.3, -0.25) is 0 Å². The monoisotopic (exact) mass is 234 g/mol. The van der Waals surface area contributed by atoms with Gasteiger partial charge in [0.1, 0.15) is 0 Å². The van der Waals surface area contributed by atoms with Gasteiger partial charge in [-0.1, -0.05) is 11.6 Å². The molecule has 0 amide bonds. The van der Waals surface area contributed by atoms with E-state index in [-0.39, 0.29) is 0 Å². The fraction of sp³-hybridized carbons (Fsp3) is 0.500. The van der Waals surface area contributed by atoms with Gasteiger partial charge in [0.05, 0.1) is 0 Å². The molecule has 0 bridgehead atoms. The Kier molecular flexibility index (Phi) is 2.33. The Morgan fingerprint density at radius 1 is 1.44 bits per heavy atom. The van der Waals surface area contributed by atoms with E-state index >= 15 is 0 Å². The Morgan fingerprint density at radius 2 is 2.11 bits per heavy atom. The van der Waals surface area contributed by atoms with Crippen molar-refractivity contribution < 1.29 is 0 Å². The van der Waals surface area contributed by atoms with E-state index in [1.165, 1.54) is 22.0 Å². The van der Waals surface area contributed by atoms with Crippen molar-refractivity contribution >= 4 is 22.6 Å². The molecule has 50 valence electrons. The lowest BCUT2D eigenvalue weighted by Gasteiger charge is -2.11. The van der Waals surface area contributed by atoms with Crippen LogP contribution >= 0.6 is 22.6 Å². The highest BCUT2D eigenvalue weighted by Gasteiger charge is 2.04. The third-order valence-electron chi connectivity index (χ3n) is 1.84. The lowest BCUT2D eigenvalue weighted by Crippen LogP contribution is -1.90. The van der Waals surface area contributed by atoms with Crippen LogP contribution in [0.4, 0.5) is 0 Å². The summed E-state index contributed by atoms with van der Waals surface area (Å²) in [7, 11) is 0. The molecule has 0 nitrogen and oxygen atoms in total. The van der Waals surface area contributed by atoms with Gasteiger partial charge in [-0.2, -0.15) is 0 Å². The van der Waals surface area contributed by atoms with Crippen molar-refractivity contribution in [2.75, 3.05) is 0 Å². The van der Waals surface area contributed by atoms with Gasteiger partial charge in [-0.25, -0.2) is 0 Å². The molecule has 0 aromatic carbocycles. The van der Waals surface area contributed by atoms with Crippen LogP contribution in [0, 0.1) is 0 Å². The van der Waals surface area contributed by atoms with Crippen molar-refractivity contribution in [2.24, 2.45) is 0 Å². The molecule has 9 heavy (non-hydrogen) atoms. The zero-order chi connectivity index (χ0) is 6.85. The van der Waals surface area contributed by atoms with E-state index in [0.29, 0.717) is 0 Å². The molecular formula is C8H11I. The molecule has 0 saturated heterocycles. The Labute approximate surface area is 70.2 Å². The van der Waals surface area contributed by atoms with Crippen molar-refractivity contribution in [3.8, 4) is 0 Å². The maximum Gasteiger partial charge on any atom is 0.0119 e. The molecule has 0 radical (unpaired) electrons. The first-order valence-electron chi connectivity index (χ1n) is 3.24. The summed E-state index contributed by atoms with van der Waals surface area (Å²) in [5.41, 5.74) is 3.05. The Bertz CT molecular complexity index is 175. The van der Waals surface area contributed by atoms with E-state index < -0.39 is 0 Å². The maximum absolute atomic E-state index is 2.40. The average Bonchev–Trinajstić information content (AvgIpc) is 1.83. The number of halogens is 1. The second-order valence-electron chi connectivity index (χ2n) is 2.50. The zero-order valence-electron chi connectivity index (χ0n) is 5.87. The summed E-state index contributed by atoms with van der Waals surface area (Å²) in [6, 6.07) is 0. The van der Waals surface area contributed by atoms with Crippen LogP contribution in [0.5, 0.6) is 0 Å². The molecule has 0 saturated carbocycles. The van der Waals surface area contributed by atoms with E-state index in [1.807, 2.05) is 0 Å². The van der Waals surface area contributed by atoms with Crippen LogP contribution in [-0.2, 0) is 0 Å². The first-order chi connectivity index (χ1) is 4.22. The van der Waals surface area contributed by atoms with Gasteiger partial charge in [-0.05, 0) is 54.9 Å². The van der Waals surface area contributed by atoms with Crippen LogP contribution in [0.25, 0.3) is 0 Å².